The van der Waals surface area contributed by atoms with Gasteiger partial charge >= 0.3 is 0 Å². The molecule has 0 fully saturated rings. The lowest BCUT2D eigenvalue weighted by atomic mass is 10.2. The van der Waals surface area contributed by atoms with E-state index in [0.29, 0.717) is 23.0 Å². The molecule has 8 heteroatoms. The van der Waals surface area contributed by atoms with Crippen LogP contribution in [0.25, 0.3) is 0 Å². The van der Waals surface area contributed by atoms with E-state index >= 15 is 0 Å². The van der Waals surface area contributed by atoms with Gasteiger partial charge in [0.2, 0.25) is 0 Å². The van der Waals surface area contributed by atoms with Crippen molar-refractivity contribution in [2.75, 3.05) is 0 Å². The lowest BCUT2D eigenvalue weighted by Gasteiger charge is -2.10. The Balaban J connectivity index is 1.61. The van der Waals surface area contributed by atoms with Crippen molar-refractivity contribution in [3.63, 3.8) is 0 Å². The molecule has 0 spiro atoms. The van der Waals surface area contributed by atoms with E-state index in [-0.39, 0.29) is 12.6 Å². The van der Waals surface area contributed by atoms with Crippen molar-refractivity contribution in [3.05, 3.63) is 64.7 Å². The Morgan fingerprint density at radius 3 is 2.68 bits per heavy atom. The molecule has 0 saturated carbocycles. The molecule has 0 aliphatic rings. The first-order valence-electron chi connectivity index (χ1n) is 7.70. The quantitative estimate of drug-likeness (QED) is 0.734. The van der Waals surface area contributed by atoms with E-state index in [1.54, 1.807) is 47.4 Å². The predicted molar refractivity (Wildman–Crippen MR) is 93.4 cm³/mol. The SMILES string of the molecule is Cc1c(CNC(=O)c2ccnn2COc2ccc(Cl)cc2)cnn1C. The summed E-state index contributed by atoms with van der Waals surface area (Å²) in [5, 5.41) is 11.8. The molecular formula is C17H18ClN5O2. The maximum absolute atomic E-state index is 12.4. The molecular weight excluding hydrogens is 342 g/mol. The Morgan fingerprint density at radius 1 is 1.24 bits per heavy atom. The third-order valence-electron chi connectivity index (χ3n) is 3.89. The van der Waals surface area contributed by atoms with Crippen LogP contribution in [-0.2, 0) is 20.3 Å². The van der Waals surface area contributed by atoms with Gasteiger partial charge < -0.3 is 10.1 Å². The Hall–Kier alpha value is -2.80. The van der Waals surface area contributed by atoms with Gasteiger partial charge in [0.1, 0.15) is 11.4 Å². The molecule has 0 aliphatic heterocycles. The summed E-state index contributed by atoms with van der Waals surface area (Å²) in [6.45, 7) is 2.49. The van der Waals surface area contributed by atoms with Crippen LogP contribution in [0.5, 0.6) is 5.75 Å². The molecule has 2 aromatic heterocycles. The van der Waals surface area contributed by atoms with Gasteiger partial charge in [-0.15, -0.1) is 0 Å². The van der Waals surface area contributed by atoms with E-state index in [0.717, 1.165) is 11.3 Å². The van der Waals surface area contributed by atoms with Gasteiger partial charge in [-0.2, -0.15) is 10.2 Å². The molecule has 3 rings (SSSR count). The molecule has 0 bridgehead atoms. The third-order valence-corrected chi connectivity index (χ3v) is 4.14. The number of aromatic nitrogens is 4. The summed E-state index contributed by atoms with van der Waals surface area (Å²) >= 11 is 5.84. The Bertz CT molecular complexity index is 870. The zero-order chi connectivity index (χ0) is 17.8. The second kappa shape index (κ2) is 7.40. The van der Waals surface area contributed by atoms with Gasteiger partial charge in [-0.1, -0.05) is 11.6 Å². The third kappa shape index (κ3) is 4.00. The van der Waals surface area contributed by atoms with Gasteiger partial charge in [0.25, 0.3) is 5.91 Å². The monoisotopic (exact) mass is 359 g/mol. The highest BCUT2D eigenvalue weighted by Crippen LogP contribution is 2.16. The molecule has 25 heavy (non-hydrogen) atoms. The van der Waals surface area contributed by atoms with E-state index in [1.807, 2.05) is 14.0 Å². The fourth-order valence-corrected chi connectivity index (χ4v) is 2.40. The summed E-state index contributed by atoms with van der Waals surface area (Å²) < 4.78 is 8.90. The van der Waals surface area contributed by atoms with Crippen molar-refractivity contribution in [1.82, 2.24) is 24.9 Å². The minimum Gasteiger partial charge on any atom is -0.471 e. The summed E-state index contributed by atoms with van der Waals surface area (Å²) in [6, 6.07) is 8.65. The summed E-state index contributed by atoms with van der Waals surface area (Å²) in [5.74, 6) is 0.428. The van der Waals surface area contributed by atoms with Crippen LogP contribution in [0.3, 0.4) is 0 Å². The number of benzene rings is 1. The van der Waals surface area contributed by atoms with Crippen molar-refractivity contribution < 1.29 is 9.53 Å². The van der Waals surface area contributed by atoms with Gasteiger partial charge in [-0.05, 0) is 37.3 Å². The van der Waals surface area contributed by atoms with Crippen molar-refractivity contribution >= 4 is 17.5 Å². The average Bonchev–Trinajstić information content (AvgIpc) is 3.20. The van der Waals surface area contributed by atoms with Crippen LogP contribution in [0.1, 0.15) is 21.7 Å². The molecule has 1 N–H and O–H groups in total. The second-order valence-corrected chi connectivity index (χ2v) is 5.94. The number of aryl methyl sites for hydroxylation is 1. The number of ether oxygens (including phenoxy) is 1. The minimum absolute atomic E-state index is 0.128. The molecule has 0 unspecified atom stereocenters. The molecule has 2 heterocycles. The average molecular weight is 360 g/mol. The van der Waals surface area contributed by atoms with E-state index < -0.39 is 0 Å². The summed E-state index contributed by atoms with van der Waals surface area (Å²) in [7, 11) is 1.86. The van der Waals surface area contributed by atoms with Crippen LogP contribution in [0.4, 0.5) is 0 Å². The van der Waals surface area contributed by atoms with Crippen LogP contribution < -0.4 is 10.1 Å². The van der Waals surface area contributed by atoms with Crippen LogP contribution in [0.2, 0.25) is 5.02 Å². The lowest BCUT2D eigenvalue weighted by Crippen LogP contribution is -2.26. The highest BCUT2D eigenvalue weighted by atomic mass is 35.5. The molecule has 3 aromatic rings. The molecule has 1 aromatic carbocycles. The summed E-state index contributed by atoms with van der Waals surface area (Å²) in [6.07, 6.45) is 3.31. The molecule has 0 atom stereocenters. The van der Waals surface area contributed by atoms with Gasteiger partial charge in [-0.3, -0.25) is 9.48 Å². The van der Waals surface area contributed by atoms with E-state index in [1.165, 1.54) is 4.68 Å². The van der Waals surface area contributed by atoms with E-state index in [9.17, 15) is 4.79 Å². The van der Waals surface area contributed by atoms with Crippen LogP contribution in [-0.4, -0.2) is 25.5 Å². The maximum atomic E-state index is 12.4. The van der Waals surface area contributed by atoms with E-state index in [4.69, 9.17) is 16.3 Å². The summed E-state index contributed by atoms with van der Waals surface area (Å²) in [4.78, 5) is 12.4. The maximum Gasteiger partial charge on any atom is 0.269 e. The number of carbonyl (C=O) groups is 1. The smallest absolute Gasteiger partial charge is 0.269 e. The van der Waals surface area contributed by atoms with Gasteiger partial charge in [0.05, 0.1) is 6.20 Å². The van der Waals surface area contributed by atoms with Gasteiger partial charge in [-0.25, -0.2) is 4.68 Å². The standard InChI is InChI=1S/C17H18ClN5O2/c1-12-13(10-21-22(12)2)9-19-17(24)16-7-8-20-23(16)11-25-15-5-3-14(18)4-6-15/h3-8,10H,9,11H2,1-2H3,(H,19,24). The Morgan fingerprint density at radius 2 is 2.00 bits per heavy atom. The first kappa shape index (κ1) is 17.0. The van der Waals surface area contributed by atoms with Crippen molar-refractivity contribution in [1.29, 1.82) is 0 Å². The number of nitrogens with zero attached hydrogens (tertiary/aromatic N) is 4. The van der Waals surface area contributed by atoms with Crippen LogP contribution in [0.15, 0.2) is 42.7 Å². The zero-order valence-corrected chi connectivity index (χ0v) is 14.7. The van der Waals surface area contributed by atoms with Crippen LogP contribution >= 0.6 is 11.6 Å². The number of amides is 1. The first-order chi connectivity index (χ1) is 12.0. The molecule has 0 radical (unpaired) electrons. The molecule has 0 aliphatic carbocycles. The number of hydrogen-bond donors (Lipinski definition) is 1. The lowest BCUT2D eigenvalue weighted by molar-refractivity contribution is 0.0929. The zero-order valence-electron chi connectivity index (χ0n) is 13.9. The summed E-state index contributed by atoms with van der Waals surface area (Å²) in [5.41, 5.74) is 2.41. The molecule has 130 valence electrons. The Kier molecular flexibility index (Phi) is 5.04. The molecule has 0 saturated heterocycles. The predicted octanol–water partition coefficient (Wildman–Crippen LogP) is 2.54. The van der Waals surface area contributed by atoms with Crippen molar-refractivity contribution in [3.8, 4) is 5.75 Å². The Labute approximate surface area is 150 Å². The number of hydrogen-bond acceptors (Lipinski definition) is 4. The number of rotatable bonds is 6. The minimum atomic E-state index is -0.222. The van der Waals surface area contributed by atoms with Crippen molar-refractivity contribution in [2.24, 2.45) is 7.05 Å². The van der Waals surface area contributed by atoms with E-state index in [2.05, 4.69) is 15.5 Å². The molecule has 7 nitrogen and oxygen atoms in total. The van der Waals surface area contributed by atoms with Gasteiger partial charge in [0, 0.05) is 36.1 Å². The fourth-order valence-electron chi connectivity index (χ4n) is 2.28. The topological polar surface area (TPSA) is 74.0 Å². The van der Waals surface area contributed by atoms with Crippen molar-refractivity contribution in [2.45, 2.75) is 20.2 Å². The van der Waals surface area contributed by atoms with Gasteiger partial charge in [0.15, 0.2) is 6.73 Å². The number of carbonyl (C=O) groups excluding carboxylic acids is 1. The highest BCUT2D eigenvalue weighted by molar-refractivity contribution is 6.30. The second-order valence-electron chi connectivity index (χ2n) is 5.50. The van der Waals surface area contributed by atoms with Crippen LogP contribution in [0, 0.1) is 6.92 Å². The fraction of sp³-hybridized carbons (Fsp3) is 0.235. The highest BCUT2D eigenvalue weighted by Gasteiger charge is 2.13. The number of nitrogens with one attached hydrogen (secondary N) is 1. The molecule has 1 amide bonds. The number of halogens is 1. The normalized spacial score (nSPS) is 10.7. The first-order valence-corrected chi connectivity index (χ1v) is 8.08. The largest absolute Gasteiger partial charge is 0.471 e.